The Kier molecular flexibility index (Phi) is 5.72. The first-order valence-electron chi connectivity index (χ1n) is 8.71. The Bertz CT molecular complexity index is 986. The molecule has 0 atom stereocenters. The molecule has 3 aromatic rings. The van der Waals surface area contributed by atoms with Gasteiger partial charge in [0.25, 0.3) is 0 Å². The van der Waals surface area contributed by atoms with Crippen molar-refractivity contribution in [3.05, 3.63) is 51.8 Å². The molecule has 1 aromatic carbocycles. The second-order valence-electron chi connectivity index (χ2n) is 6.67. The van der Waals surface area contributed by atoms with Gasteiger partial charge >= 0.3 is 0 Å². The van der Waals surface area contributed by atoms with E-state index in [1.54, 1.807) is 13.1 Å². The first-order chi connectivity index (χ1) is 12.9. The van der Waals surface area contributed by atoms with E-state index in [2.05, 4.69) is 28.3 Å². The summed E-state index contributed by atoms with van der Waals surface area (Å²) in [7, 11) is 3.80. The van der Waals surface area contributed by atoms with Crippen LogP contribution in [0.5, 0.6) is 0 Å². The largest absolute Gasteiger partial charge is 0.397 e. The number of aryl methyl sites for hydroxylation is 1. The number of rotatable bonds is 2. The van der Waals surface area contributed by atoms with Gasteiger partial charge in [-0.1, -0.05) is 6.07 Å². The first kappa shape index (κ1) is 19.3. The number of anilines is 2. The fourth-order valence-electron chi connectivity index (χ4n) is 3.07. The van der Waals surface area contributed by atoms with E-state index >= 15 is 0 Å². The van der Waals surface area contributed by atoms with Gasteiger partial charge < -0.3 is 16.0 Å². The van der Waals surface area contributed by atoms with Gasteiger partial charge in [0.2, 0.25) is 0 Å². The molecule has 0 unspecified atom stereocenters. The second kappa shape index (κ2) is 8.02. The molecule has 0 aliphatic carbocycles. The Morgan fingerprint density at radius 1 is 1.37 bits per heavy atom. The number of nitrogens with one attached hydrogen (secondary N) is 1. The summed E-state index contributed by atoms with van der Waals surface area (Å²) in [5.74, 6) is -0.192. The van der Waals surface area contributed by atoms with Crippen LogP contribution in [0.4, 0.5) is 15.8 Å². The van der Waals surface area contributed by atoms with Crippen molar-refractivity contribution in [2.75, 3.05) is 31.7 Å². The molecule has 0 saturated heterocycles. The minimum absolute atomic E-state index is 0.192. The lowest BCUT2D eigenvalue weighted by Crippen LogP contribution is -2.27. The van der Waals surface area contributed by atoms with Crippen molar-refractivity contribution < 1.29 is 9.18 Å². The Labute approximate surface area is 162 Å². The topological polar surface area (TPSA) is 71.2 Å². The summed E-state index contributed by atoms with van der Waals surface area (Å²) in [5.41, 5.74) is 10.4. The molecule has 142 valence electrons. The molecule has 7 heteroatoms. The van der Waals surface area contributed by atoms with Crippen LogP contribution in [0.1, 0.15) is 26.5 Å². The summed E-state index contributed by atoms with van der Waals surface area (Å²) in [6.07, 6.45) is 1.78. The van der Waals surface area contributed by atoms with Crippen LogP contribution in [0.15, 0.2) is 24.3 Å². The fraction of sp³-hybridized carbons (Fsp3) is 0.300. The van der Waals surface area contributed by atoms with Crippen molar-refractivity contribution in [2.24, 2.45) is 0 Å². The Morgan fingerprint density at radius 3 is 2.81 bits per heavy atom. The number of benzene rings is 1. The van der Waals surface area contributed by atoms with Gasteiger partial charge in [0.1, 0.15) is 10.6 Å². The third-order valence-electron chi connectivity index (χ3n) is 4.59. The summed E-state index contributed by atoms with van der Waals surface area (Å²) in [4.78, 5) is 19.2. The maximum atomic E-state index is 12.8. The lowest BCUT2D eigenvalue weighted by molar-refractivity contribution is 0.112. The molecule has 0 bridgehead atoms. The van der Waals surface area contributed by atoms with Crippen LogP contribution in [0.2, 0.25) is 0 Å². The quantitative estimate of drug-likeness (QED) is 0.655. The number of nitrogens with zero attached hydrogens (tertiary/aromatic N) is 2. The highest BCUT2D eigenvalue weighted by Gasteiger charge is 2.18. The number of aldehydes is 1. The summed E-state index contributed by atoms with van der Waals surface area (Å²) in [6.45, 7) is 3.80. The highest BCUT2D eigenvalue weighted by Crippen LogP contribution is 2.33. The van der Waals surface area contributed by atoms with E-state index in [0.717, 1.165) is 47.3 Å². The van der Waals surface area contributed by atoms with Gasteiger partial charge in [-0.25, -0.2) is 9.37 Å². The molecule has 1 aliphatic rings. The maximum Gasteiger partial charge on any atom is 0.162 e. The van der Waals surface area contributed by atoms with Gasteiger partial charge in [0.05, 0.1) is 16.3 Å². The number of hydrogen-bond acceptors (Lipinski definition) is 6. The number of hydrogen-bond donors (Lipinski definition) is 2. The summed E-state index contributed by atoms with van der Waals surface area (Å²) < 4.78 is 12.8. The third-order valence-corrected chi connectivity index (χ3v) is 5.63. The third kappa shape index (κ3) is 4.09. The summed E-state index contributed by atoms with van der Waals surface area (Å²) >= 11 is 1.38. The van der Waals surface area contributed by atoms with Crippen LogP contribution >= 0.6 is 11.3 Å². The van der Waals surface area contributed by atoms with E-state index in [4.69, 9.17) is 5.73 Å². The molecule has 0 fully saturated rings. The average molecular weight is 386 g/mol. The zero-order chi connectivity index (χ0) is 19.6. The van der Waals surface area contributed by atoms with E-state index < -0.39 is 0 Å². The number of carbonyl (C=O) groups is 1. The Morgan fingerprint density at radius 2 is 2.15 bits per heavy atom. The highest BCUT2D eigenvalue weighted by molar-refractivity contribution is 7.20. The lowest BCUT2D eigenvalue weighted by Gasteiger charge is -2.24. The molecule has 0 radical (unpaired) electrons. The van der Waals surface area contributed by atoms with Crippen molar-refractivity contribution in [3.8, 4) is 0 Å². The molecule has 1 aliphatic heterocycles. The second-order valence-corrected chi connectivity index (χ2v) is 7.70. The number of fused-ring (bicyclic) bond motifs is 2. The molecule has 27 heavy (non-hydrogen) atoms. The zero-order valence-corrected chi connectivity index (χ0v) is 16.5. The summed E-state index contributed by atoms with van der Waals surface area (Å²) in [5, 5.41) is 3.67. The van der Waals surface area contributed by atoms with Gasteiger partial charge in [-0.2, -0.15) is 0 Å². The molecule has 4 rings (SSSR count). The minimum Gasteiger partial charge on any atom is -0.397 e. The molecular weight excluding hydrogens is 363 g/mol. The van der Waals surface area contributed by atoms with Gasteiger partial charge in [-0.3, -0.25) is 4.79 Å². The maximum absolute atomic E-state index is 12.8. The van der Waals surface area contributed by atoms with Crippen LogP contribution in [0.25, 0.3) is 10.2 Å². The molecule has 0 amide bonds. The van der Waals surface area contributed by atoms with Gasteiger partial charge in [0.15, 0.2) is 6.29 Å². The van der Waals surface area contributed by atoms with Crippen LogP contribution in [0, 0.1) is 12.7 Å². The number of nitrogen functional groups attached to an aromatic ring is 1. The van der Waals surface area contributed by atoms with E-state index in [-0.39, 0.29) is 5.82 Å². The monoisotopic (exact) mass is 386 g/mol. The molecule has 3 N–H and O–H groups in total. The van der Waals surface area contributed by atoms with E-state index in [9.17, 15) is 9.18 Å². The highest BCUT2D eigenvalue weighted by atomic mass is 32.1. The molecule has 0 saturated carbocycles. The first-order valence-corrected chi connectivity index (χ1v) is 9.53. The van der Waals surface area contributed by atoms with Crippen LogP contribution in [-0.2, 0) is 13.0 Å². The average Bonchev–Trinajstić information content (AvgIpc) is 2.96. The van der Waals surface area contributed by atoms with Crippen molar-refractivity contribution in [3.63, 3.8) is 0 Å². The van der Waals surface area contributed by atoms with Gasteiger partial charge in [-0.05, 0) is 43.3 Å². The lowest BCUT2D eigenvalue weighted by atomic mass is 10.0. The van der Waals surface area contributed by atoms with Gasteiger partial charge in [0, 0.05) is 37.6 Å². The van der Waals surface area contributed by atoms with Crippen LogP contribution in [0.3, 0.4) is 0 Å². The van der Waals surface area contributed by atoms with Crippen molar-refractivity contribution in [2.45, 2.75) is 19.9 Å². The van der Waals surface area contributed by atoms with E-state index in [1.807, 2.05) is 13.0 Å². The van der Waals surface area contributed by atoms with E-state index in [0.29, 0.717) is 16.3 Å². The normalized spacial score (nSPS) is 13.6. The van der Waals surface area contributed by atoms with Gasteiger partial charge in [-0.15, -0.1) is 11.3 Å². The predicted octanol–water partition coefficient (Wildman–Crippen LogP) is 3.85. The van der Waals surface area contributed by atoms with E-state index in [1.165, 1.54) is 23.0 Å². The summed E-state index contributed by atoms with van der Waals surface area (Å²) in [6, 6.07) is 7.19. The predicted molar refractivity (Wildman–Crippen MR) is 110 cm³/mol. The van der Waals surface area contributed by atoms with Crippen molar-refractivity contribution in [1.29, 1.82) is 0 Å². The number of nitrogens with two attached hydrogens (primary N) is 1. The molecule has 5 nitrogen and oxygen atoms in total. The molecule has 2 aromatic heterocycles. The Hall–Kier alpha value is -2.51. The standard InChI is InChI=1S/C12H13N3OS.C8H10FN/c1-15-3-2-9-7(5-15)4-8-11(13)10(6-16)17-12(8)14-9;1-6-3-4-8(10-2)7(9)5-6/h4,6H,2-3,5,13H2,1H3;3-5,10H,1-2H3. The van der Waals surface area contributed by atoms with Crippen molar-refractivity contribution >= 4 is 39.2 Å². The van der Waals surface area contributed by atoms with Crippen LogP contribution < -0.4 is 11.1 Å². The number of thiophene rings is 1. The van der Waals surface area contributed by atoms with Crippen molar-refractivity contribution in [1.82, 2.24) is 9.88 Å². The number of pyridine rings is 1. The number of likely N-dealkylation sites (N-methyl/N-ethyl adjacent to an activating group) is 1. The smallest absolute Gasteiger partial charge is 0.162 e. The Balaban J connectivity index is 0.000000180. The minimum atomic E-state index is -0.192. The SMILES string of the molecule is CN1CCc2nc3sc(C=O)c(N)c3cc2C1.CNc1ccc(C)cc1F. The number of carbonyl (C=O) groups excluding carboxylic acids is 1. The fourth-order valence-corrected chi connectivity index (χ4v) is 3.98. The number of halogens is 1. The molecule has 0 spiro atoms. The van der Waals surface area contributed by atoms with Crippen LogP contribution in [-0.4, -0.2) is 36.8 Å². The zero-order valence-electron chi connectivity index (χ0n) is 15.7. The molecule has 3 heterocycles. The molecular formula is C20H23FN4OS. The number of aromatic nitrogens is 1.